The molecule has 1 fully saturated rings. The van der Waals surface area contributed by atoms with Gasteiger partial charge in [0.2, 0.25) is 0 Å². The van der Waals surface area contributed by atoms with Gasteiger partial charge in [-0.25, -0.2) is 0 Å². The fourth-order valence-electron chi connectivity index (χ4n) is 2.96. The van der Waals surface area contributed by atoms with Crippen molar-refractivity contribution in [3.05, 3.63) is 29.8 Å². The number of carbonyl (C=O) groups is 1. The quantitative estimate of drug-likeness (QED) is 0.795. The van der Waals surface area contributed by atoms with Gasteiger partial charge in [0.15, 0.2) is 0 Å². The normalized spacial score (nSPS) is 19.4. The van der Waals surface area contributed by atoms with Crippen LogP contribution in [-0.2, 0) is 16.0 Å². The first-order valence-corrected chi connectivity index (χ1v) is 7.93. The van der Waals surface area contributed by atoms with Gasteiger partial charge in [0.1, 0.15) is 11.9 Å². The van der Waals surface area contributed by atoms with Crippen molar-refractivity contribution in [1.82, 2.24) is 4.90 Å². The third-order valence-electron chi connectivity index (χ3n) is 4.01. The number of carbonyl (C=O) groups excluding carboxylic acids is 1. The highest BCUT2D eigenvalue weighted by Gasteiger charge is 2.45. The molecule has 134 valence electrons. The summed E-state index contributed by atoms with van der Waals surface area (Å²) in [5.74, 6) is -1.06. The Labute approximate surface area is 139 Å². The fourth-order valence-corrected chi connectivity index (χ4v) is 2.96. The first-order chi connectivity index (χ1) is 11.3. The maximum absolute atomic E-state index is 12.6. The number of hydrogen-bond acceptors (Lipinski definition) is 3. The number of rotatable bonds is 6. The molecule has 1 aliphatic rings. The molecule has 1 aromatic carbocycles. The van der Waals surface area contributed by atoms with Crippen LogP contribution in [0.5, 0.6) is 5.75 Å². The zero-order valence-electron chi connectivity index (χ0n) is 13.8. The van der Waals surface area contributed by atoms with Crippen molar-refractivity contribution in [2.75, 3.05) is 20.3 Å². The van der Waals surface area contributed by atoms with Crippen LogP contribution in [0.15, 0.2) is 24.3 Å². The minimum Gasteiger partial charge on any atom is -0.488 e. The Hall–Kier alpha value is -1.76. The Balaban J connectivity index is 1.96. The van der Waals surface area contributed by atoms with E-state index in [0.29, 0.717) is 31.6 Å². The number of nitrogens with zero attached hydrogens (tertiary/aromatic N) is 1. The molecule has 24 heavy (non-hydrogen) atoms. The molecule has 0 spiro atoms. The summed E-state index contributed by atoms with van der Waals surface area (Å²) in [4.78, 5) is 12.4. The van der Waals surface area contributed by atoms with Crippen LogP contribution in [0.3, 0.4) is 0 Å². The second-order valence-electron chi connectivity index (χ2n) is 6.02. The molecule has 0 bridgehead atoms. The summed E-state index contributed by atoms with van der Waals surface area (Å²) in [5.41, 5.74) is 0.883. The van der Waals surface area contributed by atoms with Gasteiger partial charge in [0.25, 0.3) is 0 Å². The summed E-state index contributed by atoms with van der Waals surface area (Å²) in [6, 6.07) is 6.81. The van der Waals surface area contributed by atoms with Gasteiger partial charge in [0, 0.05) is 19.7 Å². The summed E-state index contributed by atoms with van der Waals surface area (Å²) in [6.07, 6.45) is -3.30. The molecule has 1 aromatic rings. The molecular formula is C17H22F3NO3. The maximum Gasteiger partial charge on any atom is 0.471 e. The van der Waals surface area contributed by atoms with Crippen LogP contribution in [0.2, 0.25) is 0 Å². The first kappa shape index (κ1) is 18.6. The summed E-state index contributed by atoms with van der Waals surface area (Å²) < 4.78 is 48.5. The van der Waals surface area contributed by atoms with Crippen molar-refractivity contribution >= 4 is 5.91 Å². The number of amides is 1. The lowest BCUT2D eigenvalue weighted by Crippen LogP contribution is -2.44. The summed E-state index contributed by atoms with van der Waals surface area (Å²) in [5, 5.41) is 0. The van der Waals surface area contributed by atoms with Crippen molar-refractivity contribution in [3.8, 4) is 5.75 Å². The topological polar surface area (TPSA) is 38.8 Å². The molecule has 0 N–H and O–H groups in total. The predicted octanol–water partition coefficient (Wildman–Crippen LogP) is 3.20. The Morgan fingerprint density at radius 2 is 2.00 bits per heavy atom. The lowest BCUT2D eigenvalue weighted by Gasteiger charge is -2.25. The minimum absolute atomic E-state index is 0.0874. The standard InChI is InChI=1S/C17H22F3NO3/c1-12(11-23-2)24-15-7-5-13(6-8-15)10-14-4-3-9-21(14)16(22)17(18,19)20/h5-8,12,14H,3-4,9-11H2,1-2H3. The van der Waals surface area contributed by atoms with Gasteiger partial charge in [-0.3, -0.25) is 4.79 Å². The van der Waals surface area contributed by atoms with Crippen molar-refractivity contribution < 1.29 is 27.4 Å². The van der Waals surface area contributed by atoms with Crippen LogP contribution in [0.1, 0.15) is 25.3 Å². The number of halogens is 3. The van der Waals surface area contributed by atoms with Crippen molar-refractivity contribution in [1.29, 1.82) is 0 Å². The van der Waals surface area contributed by atoms with E-state index in [4.69, 9.17) is 9.47 Å². The van der Waals surface area contributed by atoms with Gasteiger partial charge in [-0.2, -0.15) is 13.2 Å². The van der Waals surface area contributed by atoms with Gasteiger partial charge in [-0.1, -0.05) is 12.1 Å². The molecular weight excluding hydrogens is 323 g/mol. The predicted molar refractivity (Wildman–Crippen MR) is 82.9 cm³/mol. The van der Waals surface area contributed by atoms with Gasteiger partial charge in [-0.05, 0) is 43.9 Å². The third kappa shape index (κ3) is 4.87. The van der Waals surface area contributed by atoms with Crippen molar-refractivity contribution in [2.45, 2.75) is 44.5 Å². The van der Waals surface area contributed by atoms with E-state index in [2.05, 4.69) is 0 Å². The molecule has 2 unspecified atom stereocenters. The monoisotopic (exact) mass is 345 g/mol. The summed E-state index contributed by atoms with van der Waals surface area (Å²) >= 11 is 0. The molecule has 1 aliphatic heterocycles. The van der Waals surface area contributed by atoms with E-state index in [1.807, 2.05) is 19.1 Å². The van der Waals surface area contributed by atoms with E-state index in [1.54, 1.807) is 19.2 Å². The molecule has 0 aliphatic carbocycles. The second-order valence-corrected chi connectivity index (χ2v) is 6.02. The Kier molecular flexibility index (Phi) is 6.10. The minimum atomic E-state index is -4.81. The zero-order valence-corrected chi connectivity index (χ0v) is 13.8. The highest BCUT2D eigenvalue weighted by molar-refractivity contribution is 5.82. The van der Waals surface area contributed by atoms with Crippen LogP contribution in [0.4, 0.5) is 13.2 Å². The van der Waals surface area contributed by atoms with E-state index in [9.17, 15) is 18.0 Å². The van der Waals surface area contributed by atoms with Crippen molar-refractivity contribution in [2.24, 2.45) is 0 Å². The Morgan fingerprint density at radius 3 is 2.58 bits per heavy atom. The average Bonchev–Trinajstić information content (AvgIpc) is 2.95. The number of ether oxygens (including phenoxy) is 2. The molecule has 0 aromatic heterocycles. The summed E-state index contributed by atoms with van der Waals surface area (Å²) in [7, 11) is 1.60. The molecule has 4 nitrogen and oxygen atoms in total. The van der Waals surface area contributed by atoms with Gasteiger partial charge >= 0.3 is 12.1 Å². The molecule has 7 heteroatoms. The van der Waals surface area contributed by atoms with Gasteiger partial charge < -0.3 is 14.4 Å². The fraction of sp³-hybridized carbons (Fsp3) is 0.588. The van der Waals surface area contributed by atoms with Gasteiger partial charge in [0.05, 0.1) is 6.61 Å². The number of methoxy groups -OCH3 is 1. The number of hydrogen-bond donors (Lipinski definition) is 0. The lowest BCUT2D eigenvalue weighted by molar-refractivity contribution is -0.186. The SMILES string of the molecule is COCC(C)Oc1ccc(CC2CCCN2C(=O)C(F)(F)F)cc1. The maximum atomic E-state index is 12.6. The largest absolute Gasteiger partial charge is 0.488 e. The average molecular weight is 345 g/mol. The van der Waals surface area contributed by atoms with E-state index in [1.165, 1.54) is 0 Å². The second kappa shape index (κ2) is 7.88. The summed E-state index contributed by atoms with van der Waals surface area (Å²) in [6.45, 7) is 2.52. The van der Waals surface area contributed by atoms with E-state index >= 15 is 0 Å². The van der Waals surface area contributed by atoms with Crippen LogP contribution >= 0.6 is 0 Å². The number of benzene rings is 1. The Morgan fingerprint density at radius 1 is 1.33 bits per heavy atom. The molecule has 1 amide bonds. The molecule has 0 saturated carbocycles. The van der Waals surface area contributed by atoms with E-state index < -0.39 is 18.1 Å². The lowest BCUT2D eigenvalue weighted by atomic mass is 10.0. The highest BCUT2D eigenvalue weighted by atomic mass is 19.4. The van der Waals surface area contributed by atoms with Crippen LogP contribution in [0.25, 0.3) is 0 Å². The number of likely N-dealkylation sites (tertiary alicyclic amines) is 1. The molecule has 1 heterocycles. The highest BCUT2D eigenvalue weighted by Crippen LogP contribution is 2.28. The van der Waals surface area contributed by atoms with Crippen LogP contribution in [-0.4, -0.2) is 49.4 Å². The van der Waals surface area contributed by atoms with Crippen LogP contribution < -0.4 is 4.74 Å². The first-order valence-electron chi connectivity index (χ1n) is 7.93. The van der Waals surface area contributed by atoms with E-state index in [-0.39, 0.29) is 12.6 Å². The van der Waals surface area contributed by atoms with E-state index in [0.717, 1.165) is 10.5 Å². The molecule has 2 atom stereocenters. The Bertz CT molecular complexity index is 545. The smallest absolute Gasteiger partial charge is 0.471 e. The number of alkyl halides is 3. The third-order valence-corrected chi connectivity index (χ3v) is 4.01. The van der Waals surface area contributed by atoms with Gasteiger partial charge in [-0.15, -0.1) is 0 Å². The van der Waals surface area contributed by atoms with Crippen molar-refractivity contribution in [3.63, 3.8) is 0 Å². The zero-order chi connectivity index (χ0) is 17.7. The molecule has 0 radical (unpaired) electrons. The van der Waals surface area contributed by atoms with Crippen LogP contribution in [0, 0.1) is 0 Å². The molecule has 1 saturated heterocycles. The molecule has 2 rings (SSSR count).